The number of aryl methyl sites for hydroxylation is 1. The highest BCUT2D eigenvalue weighted by Gasteiger charge is 2.05. The fourth-order valence-corrected chi connectivity index (χ4v) is 2.22. The van der Waals surface area contributed by atoms with Crippen LogP contribution in [-0.4, -0.2) is 21.5 Å². The standard InChI is InChI=1S/C13H18N4S/c1-9(2)12-6-10(3)16-13(17-12)14-5-4-11-7-18-8-15-11/h6-9H,4-5H2,1-3H3,(H,14,16,17). The van der Waals surface area contributed by atoms with E-state index in [1.807, 2.05) is 18.5 Å². The fourth-order valence-electron chi connectivity index (χ4n) is 1.63. The molecule has 2 rings (SSSR count). The lowest BCUT2D eigenvalue weighted by molar-refractivity contribution is 0.807. The first kappa shape index (κ1) is 13.0. The van der Waals surface area contributed by atoms with Gasteiger partial charge in [-0.25, -0.2) is 15.0 Å². The number of aromatic nitrogens is 3. The smallest absolute Gasteiger partial charge is 0.223 e. The summed E-state index contributed by atoms with van der Waals surface area (Å²) in [5.41, 5.74) is 5.06. The van der Waals surface area contributed by atoms with Crippen molar-refractivity contribution in [1.82, 2.24) is 15.0 Å². The number of thiazole rings is 1. The monoisotopic (exact) mass is 262 g/mol. The van der Waals surface area contributed by atoms with E-state index in [9.17, 15) is 0 Å². The topological polar surface area (TPSA) is 50.7 Å². The van der Waals surface area contributed by atoms with Gasteiger partial charge in [0.15, 0.2) is 0 Å². The van der Waals surface area contributed by atoms with Crippen molar-refractivity contribution in [3.8, 4) is 0 Å². The van der Waals surface area contributed by atoms with E-state index in [-0.39, 0.29) is 0 Å². The Bertz CT molecular complexity index is 494. The predicted octanol–water partition coefficient (Wildman–Crippen LogP) is 3.02. The van der Waals surface area contributed by atoms with Crippen molar-refractivity contribution in [1.29, 1.82) is 0 Å². The van der Waals surface area contributed by atoms with E-state index in [4.69, 9.17) is 0 Å². The molecule has 0 saturated carbocycles. The molecule has 0 saturated heterocycles. The molecule has 0 unspecified atom stereocenters. The van der Waals surface area contributed by atoms with Crippen molar-refractivity contribution in [2.75, 3.05) is 11.9 Å². The van der Waals surface area contributed by atoms with Crippen LogP contribution in [0.5, 0.6) is 0 Å². The van der Waals surface area contributed by atoms with Gasteiger partial charge in [0.05, 0.1) is 11.2 Å². The molecule has 0 aliphatic rings. The van der Waals surface area contributed by atoms with Crippen LogP contribution >= 0.6 is 11.3 Å². The van der Waals surface area contributed by atoms with Crippen molar-refractivity contribution in [2.24, 2.45) is 0 Å². The second kappa shape index (κ2) is 5.91. The lowest BCUT2D eigenvalue weighted by Gasteiger charge is -2.09. The van der Waals surface area contributed by atoms with Gasteiger partial charge in [-0.05, 0) is 18.9 Å². The van der Waals surface area contributed by atoms with Gasteiger partial charge in [-0.15, -0.1) is 11.3 Å². The van der Waals surface area contributed by atoms with Gasteiger partial charge in [0.2, 0.25) is 5.95 Å². The molecule has 5 heteroatoms. The zero-order valence-corrected chi connectivity index (χ0v) is 11.8. The Labute approximate surface area is 112 Å². The lowest BCUT2D eigenvalue weighted by Crippen LogP contribution is -2.10. The molecule has 0 aromatic carbocycles. The molecule has 96 valence electrons. The highest BCUT2D eigenvalue weighted by Crippen LogP contribution is 2.14. The number of hydrogen-bond acceptors (Lipinski definition) is 5. The molecule has 2 heterocycles. The molecular formula is C13H18N4S. The fraction of sp³-hybridized carbons (Fsp3) is 0.462. The summed E-state index contributed by atoms with van der Waals surface area (Å²) in [5.74, 6) is 1.14. The summed E-state index contributed by atoms with van der Waals surface area (Å²) in [6, 6.07) is 2.04. The minimum Gasteiger partial charge on any atom is -0.354 e. The van der Waals surface area contributed by atoms with Crippen LogP contribution in [0.2, 0.25) is 0 Å². The van der Waals surface area contributed by atoms with Crippen LogP contribution in [0, 0.1) is 6.92 Å². The minimum absolute atomic E-state index is 0.422. The van der Waals surface area contributed by atoms with Gasteiger partial charge in [-0.1, -0.05) is 13.8 Å². The molecule has 0 spiro atoms. The summed E-state index contributed by atoms with van der Waals surface area (Å²) in [5, 5.41) is 5.33. The van der Waals surface area contributed by atoms with Crippen molar-refractivity contribution < 1.29 is 0 Å². The molecule has 0 aliphatic heterocycles. The van der Waals surface area contributed by atoms with E-state index in [1.54, 1.807) is 11.3 Å². The van der Waals surface area contributed by atoms with E-state index in [1.165, 1.54) is 0 Å². The molecule has 0 aliphatic carbocycles. The van der Waals surface area contributed by atoms with Gasteiger partial charge in [-0.2, -0.15) is 0 Å². The molecule has 0 bridgehead atoms. The summed E-state index contributed by atoms with van der Waals surface area (Å²) in [6.07, 6.45) is 0.901. The van der Waals surface area contributed by atoms with Crippen LogP contribution in [0.25, 0.3) is 0 Å². The number of anilines is 1. The summed E-state index contributed by atoms with van der Waals surface area (Å²) in [7, 11) is 0. The van der Waals surface area contributed by atoms with Gasteiger partial charge in [0.1, 0.15) is 0 Å². The maximum Gasteiger partial charge on any atom is 0.223 e. The molecule has 2 aromatic heterocycles. The summed E-state index contributed by atoms with van der Waals surface area (Å²) in [6.45, 7) is 7.09. The quantitative estimate of drug-likeness (QED) is 0.900. The van der Waals surface area contributed by atoms with Crippen molar-refractivity contribution in [3.63, 3.8) is 0 Å². The molecule has 0 atom stereocenters. The maximum atomic E-state index is 4.51. The molecule has 0 radical (unpaired) electrons. The third-order valence-corrected chi connectivity index (χ3v) is 3.25. The summed E-state index contributed by atoms with van der Waals surface area (Å²) in [4.78, 5) is 13.2. The van der Waals surface area contributed by atoms with Crippen molar-refractivity contribution in [3.05, 3.63) is 34.0 Å². The molecule has 18 heavy (non-hydrogen) atoms. The van der Waals surface area contributed by atoms with E-state index >= 15 is 0 Å². The molecule has 0 amide bonds. The lowest BCUT2D eigenvalue weighted by atomic mass is 10.1. The van der Waals surface area contributed by atoms with Crippen molar-refractivity contribution >= 4 is 17.3 Å². The largest absolute Gasteiger partial charge is 0.354 e. The Balaban J connectivity index is 1.96. The summed E-state index contributed by atoms with van der Waals surface area (Å²) < 4.78 is 0. The highest BCUT2D eigenvalue weighted by atomic mass is 32.1. The number of nitrogens with one attached hydrogen (secondary N) is 1. The maximum absolute atomic E-state index is 4.51. The van der Waals surface area contributed by atoms with Gasteiger partial charge in [-0.3, -0.25) is 0 Å². The SMILES string of the molecule is Cc1cc(C(C)C)nc(NCCc2cscn2)n1. The van der Waals surface area contributed by atoms with E-state index in [0.717, 1.165) is 30.0 Å². The van der Waals surface area contributed by atoms with Crippen LogP contribution in [0.4, 0.5) is 5.95 Å². The molecule has 1 N–H and O–H groups in total. The molecular weight excluding hydrogens is 244 g/mol. The zero-order chi connectivity index (χ0) is 13.0. The second-order valence-electron chi connectivity index (χ2n) is 4.57. The zero-order valence-electron chi connectivity index (χ0n) is 11.0. The van der Waals surface area contributed by atoms with Crippen molar-refractivity contribution in [2.45, 2.75) is 33.1 Å². The second-order valence-corrected chi connectivity index (χ2v) is 5.29. The third kappa shape index (κ3) is 3.50. The van der Waals surface area contributed by atoms with E-state index in [2.05, 4.69) is 39.5 Å². The first-order valence-corrected chi connectivity index (χ1v) is 7.06. The molecule has 2 aromatic rings. The normalized spacial score (nSPS) is 10.9. The van der Waals surface area contributed by atoms with E-state index < -0.39 is 0 Å². The molecule has 4 nitrogen and oxygen atoms in total. The minimum atomic E-state index is 0.422. The van der Waals surface area contributed by atoms with Gasteiger partial charge in [0, 0.05) is 29.7 Å². The number of rotatable bonds is 5. The Morgan fingerprint density at radius 2 is 2.17 bits per heavy atom. The molecule has 0 fully saturated rings. The highest BCUT2D eigenvalue weighted by molar-refractivity contribution is 7.07. The Hall–Kier alpha value is -1.49. The first-order chi connectivity index (χ1) is 8.65. The predicted molar refractivity (Wildman–Crippen MR) is 75.2 cm³/mol. The first-order valence-electron chi connectivity index (χ1n) is 6.11. The van der Waals surface area contributed by atoms with E-state index in [0.29, 0.717) is 11.9 Å². The Kier molecular flexibility index (Phi) is 4.25. The van der Waals surface area contributed by atoms with Crippen LogP contribution in [0.3, 0.4) is 0 Å². The average molecular weight is 262 g/mol. The van der Waals surface area contributed by atoms with Crippen LogP contribution in [-0.2, 0) is 6.42 Å². The number of hydrogen-bond donors (Lipinski definition) is 1. The summed E-state index contributed by atoms with van der Waals surface area (Å²) >= 11 is 1.62. The third-order valence-electron chi connectivity index (χ3n) is 2.61. The Morgan fingerprint density at radius 3 is 2.83 bits per heavy atom. The average Bonchev–Trinajstić information content (AvgIpc) is 2.81. The van der Waals surface area contributed by atoms with Gasteiger partial charge < -0.3 is 5.32 Å². The van der Waals surface area contributed by atoms with Gasteiger partial charge >= 0.3 is 0 Å². The Morgan fingerprint density at radius 1 is 1.33 bits per heavy atom. The van der Waals surface area contributed by atoms with Crippen LogP contribution in [0.1, 0.15) is 36.8 Å². The number of nitrogens with zero attached hydrogens (tertiary/aromatic N) is 3. The van der Waals surface area contributed by atoms with Crippen LogP contribution in [0.15, 0.2) is 17.0 Å². The van der Waals surface area contributed by atoms with Crippen LogP contribution < -0.4 is 5.32 Å². The van der Waals surface area contributed by atoms with Gasteiger partial charge in [0.25, 0.3) is 0 Å².